The number of nitrogens with two attached hydrogens (primary N) is 1. The fourth-order valence-electron chi connectivity index (χ4n) is 6.16. The van der Waals surface area contributed by atoms with Gasteiger partial charge < -0.3 is 36.2 Å². The summed E-state index contributed by atoms with van der Waals surface area (Å²) in [5.74, 6) is -6.44. The monoisotopic (exact) mass is 576 g/mol. The Morgan fingerprint density at radius 2 is 1.76 bits per heavy atom. The molecule has 11 nitrogen and oxygen atoms in total. The van der Waals surface area contributed by atoms with Crippen LogP contribution in [0.1, 0.15) is 48.2 Å². The van der Waals surface area contributed by atoms with Gasteiger partial charge in [0.05, 0.1) is 12.2 Å². The number of benzene rings is 2. The normalized spacial score (nSPS) is 23.3. The minimum Gasteiger partial charge on any atom is -0.511 e. The van der Waals surface area contributed by atoms with Crippen LogP contribution in [0.5, 0.6) is 5.75 Å². The number of aliphatic hydroxyl groups excluding tert-OH is 2. The van der Waals surface area contributed by atoms with E-state index in [-0.39, 0.29) is 48.6 Å². The molecule has 0 saturated heterocycles. The van der Waals surface area contributed by atoms with Crippen LogP contribution in [0.15, 0.2) is 59.1 Å². The average molecular weight is 577 g/mol. The Balaban J connectivity index is 1.46. The Labute approximate surface area is 241 Å². The van der Waals surface area contributed by atoms with Gasteiger partial charge in [0.15, 0.2) is 11.4 Å². The molecule has 5 rings (SSSR count). The number of primary amides is 1. The van der Waals surface area contributed by atoms with Gasteiger partial charge in [-0.15, -0.1) is 0 Å². The first-order valence-electron chi connectivity index (χ1n) is 13.7. The summed E-state index contributed by atoms with van der Waals surface area (Å²) in [4.78, 5) is 50.5. The van der Waals surface area contributed by atoms with E-state index in [1.54, 1.807) is 6.07 Å². The highest BCUT2D eigenvalue weighted by molar-refractivity contribution is 6.24. The van der Waals surface area contributed by atoms with Crippen molar-refractivity contribution in [1.82, 2.24) is 5.32 Å². The largest absolute Gasteiger partial charge is 0.511 e. The average Bonchev–Trinajstić information content (AvgIpc) is 2.93. The van der Waals surface area contributed by atoms with Crippen LogP contribution >= 0.6 is 0 Å². The molecule has 0 aromatic heterocycles. The fraction of sp³-hybridized carbons (Fsp3) is 0.355. The molecule has 2 aromatic rings. The molecule has 220 valence electrons. The number of aliphatic hydroxyl groups is 3. The van der Waals surface area contributed by atoms with Gasteiger partial charge in [-0.1, -0.05) is 44.2 Å². The molecule has 11 heteroatoms. The molecule has 3 atom stereocenters. The number of fused-ring (bicyclic) bond motifs is 3. The van der Waals surface area contributed by atoms with E-state index in [0.29, 0.717) is 17.7 Å². The third-order valence-electron chi connectivity index (χ3n) is 8.19. The number of phenolic OH excluding ortho intramolecular Hbond substituents is 1. The second kappa shape index (κ2) is 10.6. The molecule has 2 amide bonds. The van der Waals surface area contributed by atoms with Gasteiger partial charge in [-0.3, -0.25) is 14.4 Å². The van der Waals surface area contributed by atoms with E-state index in [4.69, 9.17) is 10.5 Å². The zero-order valence-electron chi connectivity index (χ0n) is 23.1. The summed E-state index contributed by atoms with van der Waals surface area (Å²) in [6, 6.07) is 10.3. The molecule has 3 aliphatic rings. The van der Waals surface area contributed by atoms with E-state index in [2.05, 4.69) is 5.32 Å². The minimum absolute atomic E-state index is 0.0511. The number of alkyl carbamates (subject to hydrolysis) is 1. The molecule has 3 aliphatic carbocycles. The van der Waals surface area contributed by atoms with Crippen molar-refractivity contribution >= 4 is 23.6 Å². The molecule has 0 fully saturated rings. The molecule has 0 saturated carbocycles. The van der Waals surface area contributed by atoms with Gasteiger partial charge in [0.25, 0.3) is 5.91 Å². The van der Waals surface area contributed by atoms with E-state index >= 15 is 0 Å². The fourth-order valence-corrected chi connectivity index (χ4v) is 6.16. The van der Waals surface area contributed by atoms with Gasteiger partial charge >= 0.3 is 6.09 Å². The van der Waals surface area contributed by atoms with Crippen LogP contribution in [0, 0.1) is 17.8 Å². The number of rotatable bonds is 6. The first-order chi connectivity index (χ1) is 19.8. The molecule has 0 radical (unpaired) electrons. The van der Waals surface area contributed by atoms with Crippen LogP contribution in [0.2, 0.25) is 0 Å². The van der Waals surface area contributed by atoms with Crippen LogP contribution in [-0.4, -0.2) is 56.2 Å². The molecular formula is C31H32N2O9. The smallest absolute Gasteiger partial charge is 0.407 e. The number of Topliss-reactive ketones (excluding diaryl/α,β-unsaturated/α-hetero) is 2. The van der Waals surface area contributed by atoms with Gasteiger partial charge in [-0.25, -0.2) is 4.79 Å². The van der Waals surface area contributed by atoms with Crippen LogP contribution < -0.4 is 11.1 Å². The number of hydrogen-bond acceptors (Lipinski definition) is 9. The number of amides is 2. The zero-order valence-corrected chi connectivity index (χ0v) is 23.1. The highest BCUT2D eigenvalue weighted by Crippen LogP contribution is 2.52. The van der Waals surface area contributed by atoms with Gasteiger partial charge in [0.2, 0.25) is 5.78 Å². The predicted octanol–water partition coefficient (Wildman–Crippen LogP) is 3.13. The highest BCUT2D eigenvalue weighted by atomic mass is 16.5. The number of carbonyl (C=O) groups is 4. The van der Waals surface area contributed by atoms with Gasteiger partial charge in [0, 0.05) is 24.5 Å². The number of hydrogen-bond donors (Lipinski definition) is 6. The number of allylic oxidation sites excluding steroid dienone is 2. The second-order valence-corrected chi connectivity index (χ2v) is 11.4. The third kappa shape index (κ3) is 4.69. The molecule has 7 N–H and O–H groups in total. The van der Waals surface area contributed by atoms with Crippen molar-refractivity contribution in [2.24, 2.45) is 23.5 Å². The number of phenols is 1. The topological polar surface area (TPSA) is 196 Å². The molecule has 0 spiro atoms. The van der Waals surface area contributed by atoms with Crippen LogP contribution in [-0.2, 0) is 27.3 Å². The first kappa shape index (κ1) is 28.9. The lowest BCUT2D eigenvalue weighted by molar-refractivity contribution is -0.144. The number of ketones is 2. The Hall–Kier alpha value is -4.64. The predicted molar refractivity (Wildman–Crippen MR) is 149 cm³/mol. The number of ether oxygens (including phenoxy) is 1. The van der Waals surface area contributed by atoms with Crippen molar-refractivity contribution in [2.75, 3.05) is 6.61 Å². The molecule has 0 aliphatic heterocycles. The lowest BCUT2D eigenvalue weighted by Crippen LogP contribution is -2.57. The van der Waals surface area contributed by atoms with Crippen LogP contribution in [0.4, 0.5) is 4.79 Å². The maximum absolute atomic E-state index is 13.8. The molecule has 0 unspecified atom stereocenters. The minimum atomic E-state index is -2.60. The SMILES string of the molecule is CC(C)COC(=O)NCc1ccc(-c2ccc(O)c3c2C[C@H]2C[C@H]4CC(O)=C(C(N)=O)C(=O)[C@@]4(O)C(O)=C2C3=O)cc1. The Kier molecular flexibility index (Phi) is 7.32. The molecule has 42 heavy (non-hydrogen) atoms. The Bertz CT molecular complexity index is 1570. The summed E-state index contributed by atoms with van der Waals surface area (Å²) < 4.78 is 5.12. The van der Waals surface area contributed by atoms with Crippen LogP contribution in [0.25, 0.3) is 11.1 Å². The standard InChI is InChI=1S/C31H32N2O9/c1-14(2)13-42-30(40)33-12-15-3-5-16(6-4-15)19-7-8-21(34)24-20(19)10-17-9-18-11-22(35)25(29(32)39)28(38)31(18,41)27(37)23(17)26(24)36/h3-8,14,17-18,34-35,37,41H,9-13H2,1-2H3,(H2,32,39)(H,33,40)/t17-,18+,31+/m1/s1. The van der Waals surface area contributed by atoms with Gasteiger partial charge in [0.1, 0.15) is 22.8 Å². The van der Waals surface area contributed by atoms with Gasteiger partial charge in [-0.05, 0) is 53.0 Å². The third-order valence-corrected chi connectivity index (χ3v) is 8.19. The van der Waals surface area contributed by atoms with Gasteiger partial charge in [-0.2, -0.15) is 0 Å². The Morgan fingerprint density at radius 3 is 2.40 bits per heavy atom. The number of aromatic hydroxyl groups is 1. The quantitative estimate of drug-likeness (QED) is 0.280. The van der Waals surface area contributed by atoms with Crippen molar-refractivity contribution in [3.8, 4) is 16.9 Å². The van der Waals surface area contributed by atoms with Crippen LogP contribution in [0.3, 0.4) is 0 Å². The van der Waals surface area contributed by atoms with Crippen molar-refractivity contribution in [3.05, 3.63) is 75.8 Å². The summed E-state index contributed by atoms with van der Waals surface area (Å²) in [6.45, 7) is 4.44. The maximum atomic E-state index is 13.8. The lowest BCUT2D eigenvalue weighted by Gasteiger charge is -2.45. The maximum Gasteiger partial charge on any atom is 0.407 e. The van der Waals surface area contributed by atoms with E-state index in [0.717, 1.165) is 11.1 Å². The second-order valence-electron chi connectivity index (χ2n) is 11.4. The zero-order chi connectivity index (χ0) is 30.5. The molecular weight excluding hydrogens is 544 g/mol. The molecule has 2 aromatic carbocycles. The van der Waals surface area contributed by atoms with Crippen molar-refractivity contribution < 1.29 is 44.3 Å². The molecule has 0 bridgehead atoms. The summed E-state index contributed by atoms with van der Waals surface area (Å²) in [5, 5.41) is 46.3. The summed E-state index contributed by atoms with van der Waals surface area (Å²) >= 11 is 0. The highest BCUT2D eigenvalue weighted by Gasteiger charge is 2.59. The molecule has 0 heterocycles. The van der Waals surface area contributed by atoms with E-state index in [1.807, 2.05) is 38.1 Å². The van der Waals surface area contributed by atoms with Crippen molar-refractivity contribution in [2.45, 2.75) is 45.3 Å². The van der Waals surface area contributed by atoms with E-state index in [9.17, 15) is 39.6 Å². The van der Waals surface area contributed by atoms with Crippen molar-refractivity contribution in [1.29, 1.82) is 0 Å². The lowest BCUT2D eigenvalue weighted by atomic mass is 9.60. The van der Waals surface area contributed by atoms with E-state index in [1.165, 1.54) is 6.07 Å². The summed E-state index contributed by atoms with van der Waals surface area (Å²) in [7, 11) is 0. The first-order valence-corrected chi connectivity index (χ1v) is 13.7. The van der Waals surface area contributed by atoms with E-state index < -0.39 is 58.1 Å². The summed E-state index contributed by atoms with van der Waals surface area (Å²) in [5.41, 5.74) is 4.33. The Morgan fingerprint density at radius 1 is 1.07 bits per heavy atom. The van der Waals surface area contributed by atoms with Crippen molar-refractivity contribution in [3.63, 3.8) is 0 Å². The number of nitrogens with one attached hydrogen (secondary N) is 1. The number of carbonyl (C=O) groups excluding carboxylic acids is 4. The summed E-state index contributed by atoms with van der Waals surface area (Å²) in [6.07, 6.45) is -0.554.